The van der Waals surface area contributed by atoms with E-state index in [1.807, 2.05) is 7.05 Å². The van der Waals surface area contributed by atoms with Crippen molar-refractivity contribution in [1.29, 1.82) is 0 Å². The van der Waals surface area contributed by atoms with Crippen LogP contribution in [0.3, 0.4) is 0 Å². The first-order chi connectivity index (χ1) is 9.35. The third-order valence-corrected chi connectivity index (χ3v) is 5.35. The summed E-state index contributed by atoms with van der Waals surface area (Å²) >= 11 is 1.36. The molecule has 0 unspecified atom stereocenters. The third kappa shape index (κ3) is 2.90. The number of nitrogens with zero attached hydrogens (tertiary/aromatic N) is 2. The number of carbonyl (C=O) groups is 1. The van der Waals surface area contributed by atoms with Gasteiger partial charge >= 0.3 is 0 Å². The van der Waals surface area contributed by atoms with Crippen LogP contribution in [-0.4, -0.2) is 34.4 Å². The molecule has 0 aromatic carbocycles. The number of carbonyl (C=O) groups excluding carboxylic acids is 1. The molecule has 0 spiro atoms. The summed E-state index contributed by atoms with van der Waals surface area (Å²) in [6, 6.07) is 0.494. The van der Waals surface area contributed by atoms with Crippen LogP contribution in [0, 0.1) is 0 Å². The second kappa shape index (κ2) is 5.60. The van der Waals surface area contributed by atoms with Crippen LogP contribution in [0.15, 0.2) is 0 Å². The summed E-state index contributed by atoms with van der Waals surface area (Å²) in [6.07, 6.45) is 4.50. The Hall–Kier alpha value is -1.30. The maximum absolute atomic E-state index is 12.5. The first-order valence-electron chi connectivity index (χ1n) is 7.16. The lowest BCUT2D eigenvalue weighted by Gasteiger charge is -2.34. The fraction of sp³-hybridized carbons (Fsp3) is 0.714. The third-order valence-electron chi connectivity index (χ3n) is 4.36. The molecule has 0 radical (unpaired) electrons. The minimum atomic E-state index is -0.185. The van der Waals surface area contributed by atoms with Crippen LogP contribution >= 0.6 is 11.3 Å². The van der Waals surface area contributed by atoms with Gasteiger partial charge in [0.05, 0.1) is 0 Å². The Morgan fingerprint density at radius 1 is 1.55 bits per heavy atom. The molecule has 1 fully saturated rings. The smallest absolute Gasteiger partial charge is 0.268 e. The van der Waals surface area contributed by atoms with Gasteiger partial charge in [-0.2, -0.15) is 0 Å². The number of hydrogen-bond acceptors (Lipinski definition) is 5. The molecule has 5 nitrogen and oxygen atoms in total. The number of aromatic nitrogens is 1. The highest BCUT2D eigenvalue weighted by atomic mass is 32.1. The minimum absolute atomic E-state index is 0.0477. The number of rotatable bonds is 5. The van der Waals surface area contributed by atoms with Gasteiger partial charge in [0.15, 0.2) is 5.13 Å². The van der Waals surface area contributed by atoms with E-state index in [0.717, 1.165) is 11.6 Å². The van der Waals surface area contributed by atoms with E-state index in [9.17, 15) is 4.79 Å². The van der Waals surface area contributed by atoms with Crippen molar-refractivity contribution in [2.45, 2.75) is 58.0 Å². The van der Waals surface area contributed by atoms with Crippen molar-refractivity contribution in [3.8, 4) is 0 Å². The van der Waals surface area contributed by atoms with Gasteiger partial charge in [-0.25, -0.2) is 4.98 Å². The van der Waals surface area contributed by atoms with Gasteiger partial charge < -0.3 is 16.0 Å². The number of nitrogens with one attached hydrogen (secondary N) is 1. The molecule has 112 valence electrons. The molecular weight excluding hydrogens is 272 g/mol. The number of nitrogens with two attached hydrogens (primary N) is 1. The lowest BCUT2D eigenvalue weighted by atomic mass is 9.93. The van der Waals surface area contributed by atoms with Crippen LogP contribution in [-0.2, 0) is 0 Å². The molecule has 20 heavy (non-hydrogen) atoms. The Morgan fingerprint density at radius 2 is 2.20 bits per heavy atom. The molecule has 6 heteroatoms. The van der Waals surface area contributed by atoms with Gasteiger partial charge in [-0.1, -0.05) is 18.3 Å². The molecule has 1 amide bonds. The Morgan fingerprint density at radius 3 is 2.70 bits per heavy atom. The second-order valence-electron chi connectivity index (χ2n) is 6.04. The minimum Gasteiger partial charge on any atom is -0.382 e. The van der Waals surface area contributed by atoms with Crippen LogP contribution in [0.1, 0.15) is 56.1 Å². The maximum Gasteiger partial charge on any atom is 0.268 e. The molecule has 0 aliphatic heterocycles. The van der Waals surface area contributed by atoms with Gasteiger partial charge in [-0.3, -0.25) is 4.79 Å². The number of amides is 1. The van der Waals surface area contributed by atoms with Crippen molar-refractivity contribution in [2.24, 2.45) is 0 Å². The average Bonchev–Trinajstić information content (AvgIpc) is 2.73. The Balaban J connectivity index is 2.13. The zero-order chi connectivity index (χ0) is 14.9. The quantitative estimate of drug-likeness (QED) is 0.876. The molecule has 1 aliphatic carbocycles. The number of thiazole rings is 1. The number of nitrogen functional groups attached to an aromatic ring is 1. The monoisotopic (exact) mass is 296 g/mol. The van der Waals surface area contributed by atoms with Crippen LogP contribution < -0.4 is 11.1 Å². The van der Waals surface area contributed by atoms with Gasteiger partial charge in [-0.15, -0.1) is 0 Å². The highest BCUT2D eigenvalue weighted by Gasteiger charge is 2.30. The summed E-state index contributed by atoms with van der Waals surface area (Å²) < 4.78 is 0. The van der Waals surface area contributed by atoms with Crippen molar-refractivity contribution in [3.05, 3.63) is 4.88 Å². The van der Waals surface area contributed by atoms with E-state index in [4.69, 9.17) is 5.73 Å². The Kier molecular flexibility index (Phi) is 4.22. The molecule has 1 aromatic rings. The molecule has 2 rings (SSSR count). The summed E-state index contributed by atoms with van der Waals surface area (Å²) in [6.45, 7) is 6.18. The first-order valence-corrected chi connectivity index (χ1v) is 7.98. The normalized spacial score (nSPS) is 15.8. The fourth-order valence-corrected chi connectivity index (χ4v) is 2.88. The maximum atomic E-state index is 12.5. The lowest BCUT2D eigenvalue weighted by Crippen LogP contribution is -2.44. The summed E-state index contributed by atoms with van der Waals surface area (Å²) in [5.74, 6) is 0.286. The van der Waals surface area contributed by atoms with E-state index in [2.05, 4.69) is 31.1 Å². The highest BCUT2D eigenvalue weighted by molar-refractivity contribution is 7.18. The summed E-state index contributed by atoms with van der Waals surface area (Å²) in [5, 5.41) is 4.11. The summed E-state index contributed by atoms with van der Waals surface area (Å²) in [4.78, 5) is 19.1. The van der Waals surface area contributed by atoms with E-state index in [1.165, 1.54) is 30.6 Å². The van der Waals surface area contributed by atoms with Crippen molar-refractivity contribution < 1.29 is 4.79 Å². The van der Waals surface area contributed by atoms with E-state index in [-0.39, 0.29) is 11.4 Å². The lowest BCUT2D eigenvalue weighted by molar-refractivity contribution is 0.0626. The molecular formula is C14H24N4OS. The van der Waals surface area contributed by atoms with Crippen LogP contribution in [0.2, 0.25) is 0 Å². The largest absolute Gasteiger partial charge is 0.382 e. The molecule has 0 atom stereocenters. The van der Waals surface area contributed by atoms with Crippen LogP contribution in [0.4, 0.5) is 10.9 Å². The van der Waals surface area contributed by atoms with Crippen molar-refractivity contribution in [2.75, 3.05) is 18.1 Å². The average molecular weight is 296 g/mol. The summed E-state index contributed by atoms with van der Waals surface area (Å²) in [5.41, 5.74) is 5.73. The zero-order valence-electron chi connectivity index (χ0n) is 12.7. The second-order valence-corrected chi connectivity index (χ2v) is 7.03. The van der Waals surface area contributed by atoms with Gasteiger partial charge in [-0.05, 0) is 39.5 Å². The van der Waals surface area contributed by atoms with Gasteiger partial charge in [0.1, 0.15) is 10.7 Å². The predicted octanol–water partition coefficient (Wildman–Crippen LogP) is 2.95. The molecule has 3 N–H and O–H groups in total. The van der Waals surface area contributed by atoms with E-state index < -0.39 is 0 Å². The van der Waals surface area contributed by atoms with Crippen LogP contribution in [0.25, 0.3) is 0 Å². The van der Waals surface area contributed by atoms with Crippen LogP contribution in [0.5, 0.6) is 0 Å². The van der Waals surface area contributed by atoms with E-state index >= 15 is 0 Å². The van der Waals surface area contributed by atoms with Crippen molar-refractivity contribution >= 4 is 28.2 Å². The fourth-order valence-electron chi connectivity index (χ4n) is 1.94. The highest BCUT2D eigenvalue weighted by Crippen LogP contribution is 2.31. The Labute approximate surface area is 124 Å². The topological polar surface area (TPSA) is 71.2 Å². The van der Waals surface area contributed by atoms with Gasteiger partial charge in [0.25, 0.3) is 5.91 Å². The SMILES string of the molecule is CCC(C)(C)N(C)C(=O)c1sc(NC2CCC2)nc1N. The Bertz CT molecular complexity index is 493. The molecule has 1 saturated carbocycles. The van der Waals surface area contributed by atoms with Gasteiger partial charge in [0.2, 0.25) is 0 Å². The zero-order valence-corrected chi connectivity index (χ0v) is 13.5. The predicted molar refractivity (Wildman–Crippen MR) is 84.3 cm³/mol. The first kappa shape index (κ1) is 15.1. The number of anilines is 2. The van der Waals surface area contributed by atoms with Gasteiger partial charge in [0, 0.05) is 18.6 Å². The van der Waals surface area contributed by atoms with Crippen molar-refractivity contribution in [1.82, 2.24) is 9.88 Å². The van der Waals surface area contributed by atoms with E-state index in [0.29, 0.717) is 16.7 Å². The van der Waals surface area contributed by atoms with Crippen molar-refractivity contribution in [3.63, 3.8) is 0 Å². The van der Waals surface area contributed by atoms with E-state index in [1.54, 1.807) is 4.90 Å². The standard InChI is InChI=1S/C14H24N4OS/c1-5-14(2,3)18(4)12(19)10-11(15)17-13(20-10)16-9-7-6-8-9/h9H,5-8,15H2,1-4H3,(H,16,17). The molecule has 1 heterocycles. The molecule has 0 bridgehead atoms. The molecule has 1 aromatic heterocycles. The molecule has 0 saturated heterocycles. The number of hydrogen-bond donors (Lipinski definition) is 2. The molecule has 1 aliphatic rings. The summed E-state index contributed by atoms with van der Waals surface area (Å²) in [7, 11) is 1.82.